The lowest BCUT2D eigenvalue weighted by molar-refractivity contribution is -0.125. The molecule has 1 aromatic heterocycles. The lowest BCUT2D eigenvalue weighted by Crippen LogP contribution is -2.47. The largest absolute Gasteiger partial charge is 0.467 e. The molecule has 1 fully saturated rings. The number of carbonyl (C=O) groups excluding carboxylic acids is 2. The van der Waals surface area contributed by atoms with Crippen LogP contribution in [-0.2, 0) is 37.3 Å². The monoisotopic (exact) mass is 433 g/mol. The van der Waals surface area contributed by atoms with Crippen LogP contribution in [0.3, 0.4) is 0 Å². The fraction of sp³-hybridized carbons (Fsp3) is 0.400. The predicted octanol–water partition coefficient (Wildman–Crippen LogP) is 0.895. The quantitative estimate of drug-likeness (QED) is 0.750. The number of morpholine rings is 1. The molecule has 2 aliphatic rings. The van der Waals surface area contributed by atoms with Crippen LogP contribution in [0, 0.1) is 0 Å². The van der Waals surface area contributed by atoms with E-state index in [1.807, 2.05) is 0 Å². The van der Waals surface area contributed by atoms with E-state index in [2.05, 4.69) is 5.32 Å². The highest BCUT2D eigenvalue weighted by molar-refractivity contribution is 7.89. The first-order valence-corrected chi connectivity index (χ1v) is 11.1. The lowest BCUT2D eigenvalue weighted by Gasteiger charge is -2.26. The Morgan fingerprint density at radius 3 is 2.63 bits per heavy atom. The molecule has 30 heavy (non-hydrogen) atoms. The van der Waals surface area contributed by atoms with Crippen molar-refractivity contribution in [2.45, 2.75) is 30.8 Å². The molecule has 0 saturated carbocycles. The van der Waals surface area contributed by atoms with Crippen molar-refractivity contribution in [1.82, 2.24) is 9.62 Å². The average Bonchev–Trinajstić information content (AvgIpc) is 3.39. The Morgan fingerprint density at radius 2 is 1.97 bits per heavy atom. The van der Waals surface area contributed by atoms with Crippen molar-refractivity contribution < 1.29 is 27.2 Å². The van der Waals surface area contributed by atoms with Gasteiger partial charge in [0.1, 0.15) is 11.8 Å². The van der Waals surface area contributed by atoms with Crippen LogP contribution in [0.5, 0.6) is 0 Å². The Labute approximate surface area is 174 Å². The van der Waals surface area contributed by atoms with Gasteiger partial charge in [0.05, 0.1) is 30.9 Å². The molecule has 0 spiro atoms. The Bertz CT molecular complexity index is 1040. The summed E-state index contributed by atoms with van der Waals surface area (Å²) in [6.07, 6.45) is 1.76. The van der Waals surface area contributed by atoms with E-state index in [1.54, 1.807) is 24.3 Å². The van der Waals surface area contributed by atoms with Gasteiger partial charge in [0.25, 0.3) is 0 Å². The Morgan fingerprint density at radius 1 is 1.20 bits per heavy atom. The Balaban J connectivity index is 1.57. The number of furan rings is 1. The van der Waals surface area contributed by atoms with E-state index in [1.165, 1.54) is 28.5 Å². The molecular formula is C20H23N3O6S. The number of ether oxygens (including phenoxy) is 1. The van der Waals surface area contributed by atoms with Crippen molar-refractivity contribution in [2.75, 3.05) is 31.2 Å². The number of anilines is 1. The molecule has 10 heteroatoms. The van der Waals surface area contributed by atoms with E-state index < -0.39 is 16.1 Å². The highest BCUT2D eigenvalue weighted by Crippen LogP contribution is 2.35. The molecule has 0 bridgehead atoms. The average molecular weight is 433 g/mol. The molecule has 4 rings (SSSR count). The Kier molecular flexibility index (Phi) is 5.63. The van der Waals surface area contributed by atoms with Crippen LogP contribution >= 0.6 is 0 Å². The molecule has 1 saturated heterocycles. The number of amides is 2. The number of rotatable bonds is 5. The summed E-state index contributed by atoms with van der Waals surface area (Å²) in [5.74, 6) is -0.00167. The lowest BCUT2D eigenvalue weighted by atomic mass is 10.1. The zero-order chi connectivity index (χ0) is 21.3. The van der Waals surface area contributed by atoms with E-state index >= 15 is 0 Å². The molecule has 0 aliphatic carbocycles. The maximum Gasteiger partial charge on any atom is 0.243 e. The highest BCUT2D eigenvalue weighted by Gasteiger charge is 2.38. The first-order chi connectivity index (χ1) is 14.4. The van der Waals surface area contributed by atoms with Crippen LogP contribution in [0.2, 0.25) is 0 Å². The minimum absolute atomic E-state index is 0.156. The van der Waals surface area contributed by atoms with Gasteiger partial charge in [-0.1, -0.05) is 0 Å². The topological polar surface area (TPSA) is 109 Å². The zero-order valence-electron chi connectivity index (χ0n) is 16.5. The fourth-order valence-corrected chi connectivity index (χ4v) is 5.29. The van der Waals surface area contributed by atoms with E-state index in [4.69, 9.17) is 9.15 Å². The third kappa shape index (κ3) is 3.85. The van der Waals surface area contributed by atoms with Crippen LogP contribution in [0.15, 0.2) is 45.9 Å². The van der Waals surface area contributed by atoms with Gasteiger partial charge in [0.2, 0.25) is 21.8 Å². The van der Waals surface area contributed by atoms with Crippen LogP contribution in [-0.4, -0.2) is 56.9 Å². The molecule has 160 valence electrons. The minimum Gasteiger partial charge on any atom is -0.467 e. The van der Waals surface area contributed by atoms with Crippen LogP contribution in [0.4, 0.5) is 5.69 Å². The van der Waals surface area contributed by atoms with Crippen molar-refractivity contribution in [1.29, 1.82) is 0 Å². The minimum atomic E-state index is -3.66. The molecule has 2 aliphatic heterocycles. The number of benzene rings is 1. The molecular weight excluding hydrogens is 410 g/mol. The Hall–Kier alpha value is -2.69. The second-order valence-corrected chi connectivity index (χ2v) is 9.15. The summed E-state index contributed by atoms with van der Waals surface area (Å²) in [4.78, 5) is 26.6. The van der Waals surface area contributed by atoms with Gasteiger partial charge in [0.15, 0.2) is 0 Å². The summed E-state index contributed by atoms with van der Waals surface area (Å²) in [6.45, 7) is 2.93. The molecule has 1 atom stereocenters. The summed E-state index contributed by atoms with van der Waals surface area (Å²) in [7, 11) is -3.66. The molecule has 2 aromatic rings. The van der Waals surface area contributed by atoms with Crippen LogP contribution < -0.4 is 10.2 Å². The highest BCUT2D eigenvalue weighted by atomic mass is 32.2. The van der Waals surface area contributed by atoms with Crippen molar-refractivity contribution in [2.24, 2.45) is 0 Å². The summed E-state index contributed by atoms with van der Waals surface area (Å²) in [6, 6.07) is 7.39. The van der Waals surface area contributed by atoms with Gasteiger partial charge >= 0.3 is 0 Å². The summed E-state index contributed by atoms with van der Waals surface area (Å²) in [5.41, 5.74) is 1.21. The zero-order valence-corrected chi connectivity index (χ0v) is 17.4. The summed E-state index contributed by atoms with van der Waals surface area (Å²) >= 11 is 0. The molecule has 1 aromatic carbocycles. The van der Waals surface area contributed by atoms with Gasteiger partial charge < -0.3 is 14.5 Å². The van der Waals surface area contributed by atoms with E-state index in [-0.39, 0.29) is 29.7 Å². The van der Waals surface area contributed by atoms with E-state index in [0.29, 0.717) is 43.3 Å². The number of nitrogens with zero attached hydrogens (tertiary/aromatic N) is 2. The van der Waals surface area contributed by atoms with Gasteiger partial charge in [-0.15, -0.1) is 0 Å². The predicted molar refractivity (Wildman–Crippen MR) is 107 cm³/mol. The summed E-state index contributed by atoms with van der Waals surface area (Å²) in [5, 5.41) is 2.78. The summed E-state index contributed by atoms with van der Waals surface area (Å²) < 4.78 is 37.7. The third-order valence-corrected chi connectivity index (χ3v) is 7.20. The van der Waals surface area contributed by atoms with E-state index in [0.717, 1.165) is 0 Å². The standard InChI is InChI=1S/C20H23N3O6S/c1-14(24)23-18-5-4-17(30(26,27)22-6-9-28-10-7-22)11-15(18)12-19(23)20(25)21-13-16-3-2-8-29-16/h2-5,8,11,19H,6-7,9-10,12-13H2,1H3,(H,21,25)/t19-/m0/s1. The molecule has 3 heterocycles. The number of fused-ring (bicyclic) bond motifs is 1. The van der Waals surface area contributed by atoms with E-state index in [9.17, 15) is 18.0 Å². The normalized spacial score (nSPS) is 19.5. The number of hydrogen-bond acceptors (Lipinski definition) is 6. The molecule has 1 N–H and O–H groups in total. The SMILES string of the molecule is CC(=O)N1c2ccc(S(=O)(=O)N3CCOCC3)cc2C[C@H]1C(=O)NCc1ccco1. The molecule has 0 unspecified atom stereocenters. The van der Waals surface area contributed by atoms with Crippen molar-refractivity contribution >= 4 is 27.5 Å². The maximum absolute atomic E-state index is 13.0. The number of carbonyl (C=O) groups is 2. The second-order valence-electron chi connectivity index (χ2n) is 7.21. The van der Waals surface area contributed by atoms with Gasteiger partial charge in [-0.05, 0) is 35.9 Å². The fourth-order valence-electron chi connectivity index (χ4n) is 3.83. The van der Waals surface area contributed by atoms with Gasteiger partial charge in [-0.25, -0.2) is 8.42 Å². The number of sulfonamides is 1. The van der Waals surface area contributed by atoms with Crippen molar-refractivity contribution in [3.05, 3.63) is 47.9 Å². The van der Waals surface area contributed by atoms with Gasteiger partial charge in [-0.3, -0.25) is 14.5 Å². The second kappa shape index (κ2) is 8.21. The van der Waals surface area contributed by atoms with Gasteiger partial charge in [0, 0.05) is 32.1 Å². The number of hydrogen-bond donors (Lipinski definition) is 1. The third-order valence-electron chi connectivity index (χ3n) is 5.30. The van der Waals surface area contributed by atoms with Gasteiger partial charge in [-0.2, -0.15) is 4.31 Å². The first kappa shape index (κ1) is 20.6. The number of nitrogens with one attached hydrogen (secondary N) is 1. The smallest absolute Gasteiger partial charge is 0.243 e. The van der Waals surface area contributed by atoms with Crippen molar-refractivity contribution in [3.63, 3.8) is 0 Å². The van der Waals surface area contributed by atoms with Crippen LogP contribution in [0.25, 0.3) is 0 Å². The maximum atomic E-state index is 13.0. The molecule has 9 nitrogen and oxygen atoms in total. The molecule has 2 amide bonds. The first-order valence-electron chi connectivity index (χ1n) is 9.68. The van der Waals surface area contributed by atoms with Crippen LogP contribution in [0.1, 0.15) is 18.2 Å². The molecule has 0 radical (unpaired) electrons. The van der Waals surface area contributed by atoms with Crippen molar-refractivity contribution in [3.8, 4) is 0 Å².